The Morgan fingerprint density at radius 1 is 1.25 bits per heavy atom. The summed E-state index contributed by atoms with van der Waals surface area (Å²) in [5, 5.41) is 20.8. The number of amides is 1. The van der Waals surface area contributed by atoms with Gasteiger partial charge in [-0.25, -0.2) is 0 Å². The van der Waals surface area contributed by atoms with Crippen molar-refractivity contribution in [1.29, 1.82) is 10.5 Å². The molecule has 1 aliphatic heterocycles. The molecule has 0 bridgehead atoms. The summed E-state index contributed by atoms with van der Waals surface area (Å²) in [5.74, 6) is -1.56. The van der Waals surface area contributed by atoms with Crippen molar-refractivity contribution in [3.63, 3.8) is 0 Å². The van der Waals surface area contributed by atoms with E-state index in [4.69, 9.17) is 17.5 Å². The average molecular weight is 233 g/mol. The quantitative estimate of drug-likeness (QED) is 0.639. The van der Waals surface area contributed by atoms with Gasteiger partial charge in [-0.3, -0.25) is 4.79 Å². The van der Waals surface area contributed by atoms with Gasteiger partial charge in [-0.2, -0.15) is 10.5 Å². The molecular formula is C11H11N3OS. The van der Waals surface area contributed by atoms with Gasteiger partial charge in [-0.15, -0.1) is 0 Å². The third-order valence-electron chi connectivity index (χ3n) is 3.71. The van der Waals surface area contributed by atoms with Crippen LogP contribution < -0.4 is 5.32 Å². The number of hydrogen-bond donors (Lipinski definition) is 1. The van der Waals surface area contributed by atoms with Gasteiger partial charge in [0, 0.05) is 5.41 Å². The molecule has 0 aromatic heterocycles. The SMILES string of the molecule is N#C[C@H]1C(=O)NC(=S)[C@H](C#N)C12CCCC2. The third-order valence-corrected chi connectivity index (χ3v) is 4.05. The average Bonchev–Trinajstić information content (AvgIpc) is 2.68. The fraction of sp³-hybridized carbons (Fsp3) is 0.636. The fourth-order valence-corrected chi connectivity index (χ4v) is 3.33. The van der Waals surface area contributed by atoms with E-state index in [9.17, 15) is 10.1 Å². The minimum atomic E-state index is -0.730. The fourth-order valence-electron chi connectivity index (χ4n) is 2.94. The molecule has 82 valence electrons. The van der Waals surface area contributed by atoms with Crippen molar-refractivity contribution in [2.45, 2.75) is 25.7 Å². The molecule has 1 aliphatic carbocycles. The van der Waals surface area contributed by atoms with Crippen LogP contribution >= 0.6 is 12.2 Å². The Labute approximate surface area is 99.2 Å². The molecule has 2 fully saturated rings. The van der Waals surface area contributed by atoms with Gasteiger partial charge in [0.2, 0.25) is 5.91 Å². The highest BCUT2D eigenvalue weighted by molar-refractivity contribution is 7.80. The number of rotatable bonds is 0. The van der Waals surface area contributed by atoms with Gasteiger partial charge >= 0.3 is 0 Å². The van der Waals surface area contributed by atoms with Crippen LogP contribution in [0, 0.1) is 39.9 Å². The Morgan fingerprint density at radius 2 is 1.81 bits per heavy atom. The molecule has 2 atom stereocenters. The highest BCUT2D eigenvalue weighted by Gasteiger charge is 2.55. The zero-order chi connectivity index (χ0) is 11.8. The normalized spacial score (nSPS) is 31.9. The lowest BCUT2D eigenvalue weighted by molar-refractivity contribution is -0.127. The maximum atomic E-state index is 11.7. The number of carbonyl (C=O) groups excluding carboxylic acids is 1. The topological polar surface area (TPSA) is 76.7 Å². The Morgan fingerprint density at radius 3 is 2.31 bits per heavy atom. The van der Waals surface area contributed by atoms with E-state index < -0.39 is 17.3 Å². The van der Waals surface area contributed by atoms with Crippen molar-refractivity contribution in [1.82, 2.24) is 5.32 Å². The van der Waals surface area contributed by atoms with E-state index in [2.05, 4.69) is 11.4 Å². The van der Waals surface area contributed by atoms with E-state index in [0.717, 1.165) is 25.7 Å². The summed E-state index contributed by atoms with van der Waals surface area (Å²) in [6.07, 6.45) is 3.42. The Hall–Kier alpha value is -1.46. The van der Waals surface area contributed by atoms with E-state index in [1.54, 1.807) is 0 Å². The standard InChI is InChI=1S/C11H11N3OS/c12-5-7-9(15)14-10(16)8(6-13)11(7)3-1-2-4-11/h7-8H,1-4H2,(H,14,15,16)/t7-,8-/m0/s1. The molecule has 0 aromatic carbocycles. The number of carbonyl (C=O) groups is 1. The van der Waals surface area contributed by atoms with Gasteiger partial charge in [0.25, 0.3) is 0 Å². The number of nitrogens with one attached hydrogen (secondary N) is 1. The van der Waals surface area contributed by atoms with Crippen molar-refractivity contribution in [2.75, 3.05) is 0 Å². The molecule has 1 N–H and O–H groups in total. The van der Waals surface area contributed by atoms with Gasteiger partial charge < -0.3 is 5.32 Å². The van der Waals surface area contributed by atoms with Crippen molar-refractivity contribution in [2.24, 2.45) is 17.3 Å². The van der Waals surface area contributed by atoms with Crippen LogP contribution in [-0.2, 0) is 4.79 Å². The number of piperidine rings is 1. The minimum absolute atomic E-state index is 0.293. The summed E-state index contributed by atoms with van der Waals surface area (Å²) in [4.78, 5) is 12.0. The zero-order valence-electron chi connectivity index (χ0n) is 8.69. The molecule has 0 radical (unpaired) electrons. The maximum absolute atomic E-state index is 11.7. The molecular weight excluding hydrogens is 222 g/mol. The van der Waals surface area contributed by atoms with Gasteiger partial charge in [0.15, 0.2) is 0 Å². The van der Waals surface area contributed by atoms with Gasteiger partial charge in [-0.1, -0.05) is 25.1 Å². The van der Waals surface area contributed by atoms with Crippen LogP contribution in [0.25, 0.3) is 0 Å². The number of thiocarbonyl (C=S) groups is 1. The molecule has 0 unspecified atom stereocenters. The minimum Gasteiger partial charge on any atom is -0.318 e. The smallest absolute Gasteiger partial charge is 0.242 e. The van der Waals surface area contributed by atoms with Crippen LogP contribution in [0.3, 0.4) is 0 Å². The second kappa shape index (κ2) is 3.84. The molecule has 0 aromatic rings. The number of hydrogen-bond acceptors (Lipinski definition) is 4. The summed E-state index contributed by atoms with van der Waals surface area (Å²) in [7, 11) is 0. The van der Waals surface area contributed by atoms with Crippen molar-refractivity contribution in [3.8, 4) is 12.1 Å². The summed E-state index contributed by atoms with van der Waals surface area (Å²) in [6.45, 7) is 0. The highest BCUT2D eigenvalue weighted by atomic mass is 32.1. The highest BCUT2D eigenvalue weighted by Crippen LogP contribution is 2.51. The molecule has 1 saturated carbocycles. The van der Waals surface area contributed by atoms with Gasteiger partial charge in [0.1, 0.15) is 11.8 Å². The second-order valence-electron chi connectivity index (χ2n) is 4.42. The number of nitrogens with zero attached hydrogens (tertiary/aromatic N) is 2. The Kier molecular flexibility index (Phi) is 2.65. The van der Waals surface area contributed by atoms with Crippen LogP contribution in [-0.4, -0.2) is 10.9 Å². The first-order valence-electron chi connectivity index (χ1n) is 5.29. The molecule has 1 saturated heterocycles. The number of nitriles is 2. The lowest BCUT2D eigenvalue weighted by atomic mass is 9.63. The molecule has 2 rings (SSSR count). The van der Waals surface area contributed by atoms with E-state index in [0.29, 0.717) is 4.99 Å². The van der Waals surface area contributed by atoms with Gasteiger partial charge in [-0.05, 0) is 12.8 Å². The van der Waals surface area contributed by atoms with Gasteiger partial charge in [0.05, 0.1) is 17.1 Å². The largest absolute Gasteiger partial charge is 0.318 e. The molecule has 1 amide bonds. The molecule has 16 heavy (non-hydrogen) atoms. The Bertz CT molecular complexity index is 391. The van der Waals surface area contributed by atoms with Crippen molar-refractivity contribution in [3.05, 3.63) is 0 Å². The summed E-state index contributed by atoms with van der Waals surface area (Å²) in [6, 6.07) is 4.21. The predicted molar refractivity (Wildman–Crippen MR) is 59.8 cm³/mol. The zero-order valence-corrected chi connectivity index (χ0v) is 9.51. The first kappa shape index (κ1) is 11.0. The predicted octanol–water partition coefficient (Wildman–Crippen LogP) is 1.28. The molecule has 2 aliphatic rings. The summed E-state index contributed by atoms with van der Waals surface area (Å²) in [5.41, 5.74) is -0.525. The van der Waals surface area contributed by atoms with Crippen molar-refractivity contribution >= 4 is 23.1 Å². The first-order valence-corrected chi connectivity index (χ1v) is 5.70. The first-order chi connectivity index (χ1) is 7.65. The second-order valence-corrected chi connectivity index (χ2v) is 4.86. The van der Waals surface area contributed by atoms with E-state index in [-0.39, 0.29) is 5.91 Å². The van der Waals surface area contributed by atoms with Crippen LogP contribution in [0.1, 0.15) is 25.7 Å². The lowest BCUT2D eigenvalue weighted by Gasteiger charge is -2.40. The monoisotopic (exact) mass is 233 g/mol. The Balaban J connectivity index is 2.48. The third kappa shape index (κ3) is 1.32. The van der Waals surface area contributed by atoms with E-state index in [1.165, 1.54) is 0 Å². The molecule has 5 heteroatoms. The molecule has 1 heterocycles. The van der Waals surface area contributed by atoms with Crippen LogP contribution in [0.2, 0.25) is 0 Å². The molecule has 1 spiro atoms. The molecule has 4 nitrogen and oxygen atoms in total. The summed E-state index contributed by atoms with van der Waals surface area (Å²) >= 11 is 5.05. The van der Waals surface area contributed by atoms with E-state index >= 15 is 0 Å². The maximum Gasteiger partial charge on any atom is 0.242 e. The summed E-state index contributed by atoms with van der Waals surface area (Å²) < 4.78 is 0. The van der Waals surface area contributed by atoms with E-state index in [1.807, 2.05) is 6.07 Å². The van der Waals surface area contributed by atoms with Crippen LogP contribution in [0.4, 0.5) is 0 Å². The van der Waals surface area contributed by atoms with Crippen molar-refractivity contribution < 1.29 is 4.79 Å². The van der Waals surface area contributed by atoms with Crippen LogP contribution in [0.5, 0.6) is 0 Å². The van der Waals surface area contributed by atoms with Crippen LogP contribution in [0.15, 0.2) is 0 Å². The lowest BCUT2D eigenvalue weighted by Crippen LogP contribution is -2.55.